The monoisotopic (exact) mass is 398 g/mol. The van der Waals surface area contributed by atoms with Gasteiger partial charge in [-0.2, -0.15) is 0 Å². The van der Waals surface area contributed by atoms with Gasteiger partial charge in [-0.15, -0.1) is 0 Å². The number of carbonyl (C=O) groups excluding carboxylic acids is 2. The van der Waals surface area contributed by atoms with Crippen LogP contribution in [-0.2, 0) is 9.59 Å². The third-order valence-corrected chi connectivity index (χ3v) is 4.70. The summed E-state index contributed by atoms with van der Waals surface area (Å²) in [7, 11) is 3.84. The minimum atomic E-state index is -0.556. The number of amides is 2. The summed E-state index contributed by atoms with van der Waals surface area (Å²) in [5.41, 5.74) is 1.10. The number of rotatable bonds is 7. The number of anilines is 1. The average Bonchev–Trinajstić information content (AvgIpc) is 2.70. The van der Waals surface area contributed by atoms with E-state index in [0.717, 1.165) is 5.56 Å². The van der Waals surface area contributed by atoms with Crippen LogP contribution in [0.2, 0.25) is 0 Å². The number of non-ortho nitro benzene ring substituents is 1. The minimum Gasteiger partial charge on any atom is -0.482 e. The first-order valence-electron chi connectivity index (χ1n) is 9.06. The Bertz CT molecular complexity index is 916. The van der Waals surface area contributed by atoms with Gasteiger partial charge in [0.1, 0.15) is 12.3 Å². The Labute approximate surface area is 168 Å². The van der Waals surface area contributed by atoms with Gasteiger partial charge in [0.2, 0.25) is 5.91 Å². The zero-order valence-electron chi connectivity index (χ0n) is 16.2. The summed E-state index contributed by atoms with van der Waals surface area (Å²) in [5, 5.41) is 13.9. The Kier molecular flexibility index (Phi) is 6.08. The van der Waals surface area contributed by atoms with E-state index in [-0.39, 0.29) is 36.5 Å². The van der Waals surface area contributed by atoms with Crippen LogP contribution in [0.15, 0.2) is 48.5 Å². The lowest BCUT2D eigenvalue weighted by Crippen LogP contribution is -2.46. The number of nitro benzene ring substituents is 1. The zero-order valence-corrected chi connectivity index (χ0v) is 16.2. The summed E-state index contributed by atoms with van der Waals surface area (Å²) in [6.45, 7) is -0.107. The molecule has 1 atom stereocenters. The molecular formula is C20H22N4O5. The molecule has 29 heavy (non-hydrogen) atoms. The average molecular weight is 398 g/mol. The van der Waals surface area contributed by atoms with Crippen molar-refractivity contribution in [2.45, 2.75) is 6.04 Å². The van der Waals surface area contributed by atoms with Crippen molar-refractivity contribution in [3.63, 3.8) is 0 Å². The van der Waals surface area contributed by atoms with Crippen LogP contribution in [0.4, 0.5) is 11.4 Å². The number of nitro groups is 1. The molecule has 3 rings (SSSR count). The molecule has 2 amide bonds. The van der Waals surface area contributed by atoms with Crippen molar-refractivity contribution in [1.82, 2.24) is 10.2 Å². The van der Waals surface area contributed by atoms with E-state index in [0.29, 0.717) is 12.3 Å². The molecule has 1 unspecified atom stereocenters. The predicted octanol–water partition coefficient (Wildman–Crippen LogP) is 1.74. The molecular weight excluding hydrogens is 376 g/mol. The number of hydrogen-bond acceptors (Lipinski definition) is 6. The highest BCUT2D eigenvalue weighted by molar-refractivity contribution is 6.02. The summed E-state index contributed by atoms with van der Waals surface area (Å²) < 4.78 is 5.32. The maximum atomic E-state index is 12.5. The Morgan fingerprint density at radius 3 is 2.66 bits per heavy atom. The summed E-state index contributed by atoms with van der Waals surface area (Å²) >= 11 is 0. The number of likely N-dealkylation sites (N-methyl/N-ethyl adjacent to an activating group) is 1. The normalized spacial score (nSPS) is 14.2. The maximum Gasteiger partial charge on any atom is 0.271 e. The van der Waals surface area contributed by atoms with Crippen molar-refractivity contribution < 1.29 is 19.2 Å². The second-order valence-corrected chi connectivity index (χ2v) is 6.87. The van der Waals surface area contributed by atoms with Gasteiger partial charge in [-0.25, -0.2) is 0 Å². The molecule has 152 valence electrons. The highest BCUT2D eigenvalue weighted by Gasteiger charge is 2.29. The molecule has 9 heteroatoms. The lowest BCUT2D eigenvalue weighted by molar-refractivity contribution is -0.384. The van der Waals surface area contributed by atoms with Crippen molar-refractivity contribution in [3.8, 4) is 5.75 Å². The summed E-state index contributed by atoms with van der Waals surface area (Å²) in [4.78, 5) is 38.5. The van der Waals surface area contributed by atoms with Gasteiger partial charge in [0.25, 0.3) is 11.6 Å². The summed E-state index contributed by atoms with van der Waals surface area (Å²) in [6, 6.07) is 13.7. The molecule has 0 fully saturated rings. The fourth-order valence-corrected chi connectivity index (χ4v) is 3.16. The second-order valence-electron chi connectivity index (χ2n) is 6.87. The van der Waals surface area contributed by atoms with Crippen molar-refractivity contribution in [2.75, 3.05) is 38.7 Å². The first-order valence-corrected chi connectivity index (χ1v) is 9.06. The topological polar surface area (TPSA) is 105 Å². The molecule has 0 bridgehead atoms. The lowest BCUT2D eigenvalue weighted by Gasteiger charge is -2.29. The van der Waals surface area contributed by atoms with Gasteiger partial charge in [0, 0.05) is 18.7 Å². The number of hydrogen-bond donors (Lipinski definition) is 1. The van der Waals surface area contributed by atoms with Crippen LogP contribution in [0.1, 0.15) is 11.6 Å². The van der Waals surface area contributed by atoms with Gasteiger partial charge in [0.15, 0.2) is 6.61 Å². The van der Waals surface area contributed by atoms with E-state index in [9.17, 15) is 19.7 Å². The zero-order chi connectivity index (χ0) is 21.0. The van der Waals surface area contributed by atoms with E-state index >= 15 is 0 Å². The van der Waals surface area contributed by atoms with Gasteiger partial charge in [-0.3, -0.25) is 24.6 Å². The van der Waals surface area contributed by atoms with Crippen molar-refractivity contribution >= 4 is 23.2 Å². The van der Waals surface area contributed by atoms with E-state index in [1.807, 2.05) is 49.3 Å². The smallest absolute Gasteiger partial charge is 0.271 e. The number of benzene rings is 2. The lowest BCUT2D eigenvalue weighted by atomic mass is 10.1. The van der Waals surface area contributed by atoms with Gasteiger partial charge >= 0.3 is 0 Å². The summed E-state index contributed by atoms with van der Waals surface area (Å²) in [5.74, 6) is -0.459. The van der Waals surface area contributed by atoms with E-state index in [1.54, 1.807) is 0 Å². The second kappa shape index (κ2) is 8.70. The molecule has 0 aromatic heterocycles. The first-order chi connectivity index (χ1) is 13.9. The van der Waals surface area contributed by atoms with Crippen LogP contribution in [0, 0.1) is 10.1 Å². The predicted molar refractivity (Wildman–Crippen MR) is 107 cm³/mol. The van der Waals surface area contributed by atoms with Gasteiger partial charge in [-0.05, 0) is 25.7 Å². The molecule has 0 saturated heterocycles. The minimum absolute atomic E-state index is 0.0334. The van der Waals surface area contributed by atoms with Crippen molar-refractivity contribution in [1.29, 1.82) is 0 Å². The molecule has 0 spiro atoms. The number of carbonyl (C=O) groups is 2. The highest BCUT2D eigenvalue weighted by Crippen LogP contribution is 2.35. The quantitative estimate of drug-likeness (QED) is 0.563. The molecule has 0 radical (unpaired) electrons. The van der Waals surface area contributed by atoms with Crippen LogP contribution in [0.25, 0.3) is 0 Å². The Morgan fingerprint density at radius 1 is 1.28 bits per heavy atom. The Morgan fingerprint density at radius 2 is 2.00 bits per heavy atom. The molecule has 0 aliphatic carbocycles. The number of fused-ring (bicyclic) bond motifs is 1. The van der Waals surface area contributed by atoms with Crippen LogP contribution in [0.3, 0.4) is 0 Å². The SMILES string of the molecule is CN(C)C(CNC(=O)CN1C(=O)COc2ccc([N+](=O)[O-])cc21)c1ccccc1. The van der Waals surface area contributed by atoms with Crippen LogP contribution >= 0.6 is 0 Å². The molecule has 2 aromatic rings. The van der Waals surface area contributed by atoms with E-state index in [1.165, 1.54) is 23.1 Å². The number of nitrogens with one attached hydrogen (secondary N) is 1. The van der Waals surface area contributed by atoms with E-state index in [2.05, 4.69) is 5.32 Å². The third kappa shape index (κ3) is 4.69. The largest absolute Gasteiger partial charge is 0.482 e. The fourth-order valence-electron chi connectivity index (χ4n) is 3.16. The maximum absolute atomic E-state index is 12.5. The molecule has 0 saturated carbocycles. The third-order valence-electron chi connectivity index (χ3n) is 4.70. The highest BCUT2D eigenvalue weighted by atomic mass is 16.6. The van der Waals surface area contributed by atoms with Gasteiger partial charge < -0.3 is 15.0 Å². The molecule has 1 heterocycles. The molecule has 1 N–H and O–H groups in total. The molecule has 9 nitrogen and oxygen atoms in total. The standard InChI is InChI=1S/C20H22N4O5/c1-22(2)17(14-6-4-3-5-7-14)11-21-19(25)12-23-16-10-15(24(27)28)8-9-18(16)29-13-20(23)26/h3-10,17H,11-13H2,1-2H3,(H,21,25). The summed E-state index contributed by atoms with van der Waals surface area (Å²) in [6.07, 6.45) is 0. The van der Waals surface area contributed by atoms with Crippen LogP contribution < -0.4 is 15.0 Å². The van der Waals surface area contributed by atoms with Gasteiger partial charge in [0.05, 0.1) is 16.7 Å². The fraction of sp³-hybridized carbons (Fsp3) is 0.300. The Balaban J connectivity index is 1.71. The van der Waals surface area contributed by atoms with Crippen LogP contribution in [-0.4, -0.2) is 55.4 Å². The van der Waals surface area contributed by atoms with Crippen LogP contribution in [0.5, 0.6) is 5.75 Å². The van der Waals surface area contributed by atoms with Crippen molar-refractivity contribution in [3.05, 3.63) is 64.2 Å². The van der Waals surface area contributed by atoms with Crippen molar-refractivity contribution in [2.24, 2.45) is 0 Å². The molecule has 1 aliphatic rings. The Hall–Kier alpha value is -3.46. The molecule has 1 aliphatic heterocycles. The van der Waals surface area contributed by atoms with E-state index < -0.39 is 10.8 Å². The number of ether oxygens (including phenoxy) is 1. The molecule has 2 aromatic carbocycles. The first kappa shape index (κ1) is 20.3. The van der Waals surface area contributed by atoms with E-state index in [4.69, 9.17) is 4.74 Å². The number of nitrogens with zero attached hydrogens (tertiary/aromatic N) is 3. The van der Waals surface area contributed by atoms with Gasteiger partial charge in [-0.1, -0.05) is 30.3 Å².